The first-order valence-corrected chi connectivity index (χ1v) is 6.09. The van der Waals surface area contributed by atoms with Crippen LogP contribution in [0.2, 0.25) is 0 Å². The van der Waals surface area contributed by atoms with Gasteiger partial charge in [-0.1, -0.05) is 0 Å². The quantitative estimate of drug-likeness (QED) is 0.681. The maximum atomic E-state index is 9.14. The molecule has 5 nitrogen and oxygen atoms in total. The van der Waals surface area contributed by atoms with Crippen LogP contribution >= 0.6 is 0 Å². The Morgan fingerprint density at radius 3 is 2.22 bits per heavy atom. The molecule has 1 fully saturated rings. The lowest BCUT2D eigenvalue weighted by Crippen LogP contribution is -2.41. The van der Waals surface area contributed by atoms with Crippen molar-refractivity contribution in [2.24, 2.45) is 0 Å². The summed E-state index contributed by atoms with van der Waals surface area (Å²) in [4.78, 5) is 0. The highest BCUT2D eigenvalue weighted by molar-refractivity contribution is 6.54. The molecule has 1 rings (SSSR count). The van der Waals surface area contributed by atoms with E-state index in [2.05, 4.69) is 6.58 Å². The number of aliphatic hydroxyl groups excluding tert-OH is 2. The van der Waals surface area contributed by atoms with Gasteiger partial charge in [0.2, 0.25) is 0 Å². The summed E-state index contributed by atoms with van der Waals surface area (Å²) in [5.41, 5.74) is -0.130. The van der Waals surface area contributed by atoms with Crippen LogP contribution in [0.15, 0.2) is 12.1 Å². The van der Waals surface area contributed by atoms with Crippen molar-refractivity contribution in [3.8, 4) is 0 Å². The van der Waals surface area contributed by atoms with Gasteiger partial charge in [0.25, 0.3) is 0 Å². The van der Waals surface area contributed by atoms with Crippen molar-refractivity contribution < 1.29 is 24.3 Å². The normalized spacial score (nSPS) is 23.1. The molecule has 1 heterocycles. The van der Waals surface area contributed by atoms with E-state index in [0.29, 0.717) is 5.47 Å². The second-order valence-corrected chi connectivity index (χ2v) is 5.60. The van der Waals surface area contributed by atoms with E-state index in [0.717, 1.165) is 0 Å². The van der Waals surface area contributed by atoms with Crippen molar-refractivity contribution in [2.75, 3.05) is 19.8 Å². The highest BCUT2D eigenvalue weighted by Gasteiger charge is 2.51. The Labute approximate surface area is 109 Å². The van der Waals surface area contributed by atoms with Gasteiger partial charge in [-0.2, -0.15) is 0 Å². The molecule has 0 saturated carbocycles. The second-order valence-electron chi connectivity index (χ2n) is 5.60. The summed E-state index contributed by atoms with van der Waals surface area (Å²) in [5.74, 6) is 0. The number of rotatable bonds is 6. The Balaban J connectivity index is 2.41. The van der Waals surface area contributed by atoms with Gasteiger partial charge in [-0.25, -0.2) is 0 Å². The second kappa shape index (κ2) is 5.71. The Kier molecular flexibility index (Phi) is 4.97. The SMILES string of the molecule is C=C(COCC(O)CO)B1OC(C)(C)C(C)(C)O1. The molecule has 6 heteroatoms. The van der Waals surface area contributed by atoms with Crippen LogP contribution in [-0.4, -0.2) is 54.5 Å². The van der Waals surface area contributed by atoms with Crippen LogP contribution in [-0.2, 0) is 14.0 Å². The lowest BCUT2D eigenvalue weighted by Gasteiger charge is -2.32. The molecule has 0 aromatic heterocycles. The van der Waals surface area contributed by atoms with E-state index in [1.807, 2.05) is 27.7 Å². The Morgan fingerprint density at radius 2 is 1.78 bits per heavy atom. The van der Waals surface area contributed by atoms with E-state index in [1.165, 1.54) is 0 Å². The van der Waals surface area contributed by atoms with Gasteiger partial charge >= 0.3 is 7.12 Å². The molecular weight excluding hydrogens is 235 g/mol. The van der Waals surface area contributed by atoms with Gasteiger partial charge < -0.3 is 24.3 Å². The van der Waals surface area contributed by atoms with Gasteiger partial charge in [-0.3, -0.25) is 0 Å². The lowest BCUT2D eigenvalue weighted by atomic mass is 9.80. The standard InChI is InChI=1S/C12H23BO5/c1-9(7-16-8-10(15)6-14)13-17-11(2,3)12(4,5)18-13/h10,14-15H,1,6-8H2,2-5H3. The molecule has 0 radical (unpaired) electrons. The van der Waals surface area contributed by atoms with E-state index in [4.69, 9.17) is 24.3 Å². The number of aliphatic hydroxyl groups is 2. The molecular formula is C12H23BO5. The molecule has 1 aliphatic heterocycles. The van der Waals surface area contributed by atoms with Gasteiger partial charge in [-0.05, 0) is 33.2 Å². The highest BCUT2D eigenvalue weighted by atomic mass is 16.7. The molecule has 0 aromatic rings. The summed E-state index contributed by atoms with van der Waals surface area (Å²) in [6.45, 7) is 11.7. The van der Waals surface area contributed by atoms with Crippen molar-refractivity contribution in [3.05, 3.63) is 12.1 Å². The van der Waals surface area contributed by atoms with Crippen molar-refractivity contribution in [1.29, 1.82) is 0 Å². The number of hydrogen-bond donors (Lipinski definition) is 2. The zero-order valence-corrected chi connectivity index (χ0v) is 11.6. The van der Waals surface area contributed by atoms with Gasteiger partial charge in [-0.15, -0.1) is 6.58 Å². The van der Waals surface area contributed by atoms with Crippen LogP contribution in [0, 0.1) is 0 Å². The fourth-order valence-corrected chi connectivity index (χ4v) is 1.46. The molecule has 1 saturated heterocycles. The molecule has 0 spiro atoms. The predicted octanol–water partition coefficient (Wildman–Crippen LogP) is 0.544. The third-order valence-electron chi connectivity index (χ3n) is 3.40. The van der Waals surface area contributed by atoms with Crippen LogP contribution in [0.4, 0.5) is 0 Å². The number of ether oxygens (including phenoxy) is 1. The van der Waals surface area contributed by atoms with Gasteiger partial charge in [0.1, 0.15) is 6.10 Å². The Bertz CT molecular complexity index is 287. The minimum absolute atomic E-state index is 0.0645. The third-order valence-corrected chi connectivity index (χ3v) is 3.40. The zero-order chi connectivity index (χ0) is 14.0. The van der Waals surface area contributed by atoms with Crippen LogP contribution in [0.3, 0.4) is 0 Å². The summed E-state index contributed by atoms with van der Waals surface area (Å²) in [7, 11) is -0.499. The van der Waals surface area contributed by atoms with Gasteiger partial charge in [0, 0.05) is 0 Å². The fourth-order valence-electron chi connectivity index (χ4n) is 1.46. The minimum atomic E-state index is -0.865. The van der Waals surface area contributed by atoms with Crippen LogP contribution in [0.1, 0.15) is 27.7 Å². The van der Waals surface area contributed by atoms with Gasteiger partial charge in [0.05, 0.1) is 31.0 Å². The first kappa shape index (κ1) is 15.7. The van der Waals surface area contributed by atoms with Crippen molar-refractivity contribution >= 4 is 7.12 Å². The summed E-state index contributed by atoms with van der Waals surface area (Å²) >= 11 is 0. The number of hydrogen-bond acceptors (Lipinski definition) is 5. The first-order valence-electron chi connectivity index (χ1n) is 6.09. The fraction of sp³-hybridized carbons (Fsp3) is 0.833. The van der Waals surface area contributed by atoms with E-state index >= 15 is 0 Å². The topological polar surface area (TPSA) is 68.2 Å². The minimum Gasteiger partial charge on any atom is -0.400 e. The third kappa shape index (κ3) is 3.55. The monoisotopic (exact) mass is 258 g/mol. The molecule has 0 aliphatic carbocycles. The Morgan fingerprint density at radius 1 is 1.28 bits per heavy atom. The Hall–Kier alpha value is -0.395. The van der Waals surface area contributed by atoms with E-state index in [-0.39, 0.29) is 19.8 Å². The molecule has 1 aliphatic rings. The lowest BCUT2D eigenvalue weighted by molar-refractivity contribution is 0.00578. The average molecular weight is 258 g/mol. The molecule has 0 amide bonds. The van der Waals surface area contributed by atoms with Crippen molar-refractivity contribution in [2.45, 2.75) is 45.0 Å². The molecule has 0 bridgehead atoms. The van der Waals surface area contributed by atoms with Gasteiger partial charge in [0.15, 0.2) is 0 Å². The predicted molar refractivity (Wildman–Crippen MR) is 69.1 cm³/mol. The first-order chi connectivity index (χ1) is 8.19. The van der Waals surface area contributed by atoms with Crippen LogP contribution in [0.5, 0.6) is 0 Å². The molecule has 104 valence electrons. The van der Waals surface area contributed by atoms with E-state index in [9.17, 15) is 0 Å². The summed E-state index contributed by atoms with van der Waals surface area (Å²) < 4.78 is 16.8. The summed E-state index contributed by atoms with van der Waals surface area (Å²) in [6.07, 6.45) is -0.865. The molecule has 0 aromatic carbocycles. The molecule has 1 unspecified atom stereocenters. The molecule has 1 atom stereocenters. The van der Waals surface area contributed by atoms with Crippen molar-refractivity contribution in [3.63, 3.8) is 0 Å². The highest BCUT2D eigenvalue weighted by Crippen LogP contribution is 2.38. The largest absolute Gasteiger partial charge is 0.492 e. The average Bonchev–Trinajstić information content (AvgIpc) is 2.48. The van der Waals surface area contributed by atoms with Crippen molar-refractivity contribution in [1.82, 2.24) is 0 Å². The van der Waals surface area contributed by atoms with Crippen LogP contribution < -0.4 is 0 Å². The maximum absolute atomic E-state index is 9.14. The zero-order valence-electron chi connectivity index (χ0n) is 11.6. The van der Waals surface area contributed by atoms with E-state index < -0.39 is 24.4 Å². The summed E-state index contributed by atoms with van der Waals surface area (Å²) in [5, 5.41) is 17.8. The smallest absolute Gasteiger partial charge is 0.400 e. The molecule has 18 heavy (non-hydrogen) atoms. The van der Waals surface area contributed by atoms with Crippen LogP contribution in [0.25, 0.3) is 0 Å². The molecule has 2 N–H and O–H groups in total. The summed E-state index contributed by atoms with van der Waals surface area (Å²) in [6, 6.07) is 0. The van der Waals surface area contributed by atoms with E-state index in [1.54, 1.807) is 0 Å². The maximum Gasteiger partial charge on any atom is 0.492 e.